The van der Waals surface area contributed by atoms with Crippen molar-refractivity contribution in [3.05, 3.63) is 78.2 Å². The van der Waals surface area contributed by atoms with Gasteiger partial charge < -0.3 is 9.47 Å². The number of carbonyl (C=O) groups excluding carboxylic acids is 1. The van der Waals surface area contributed by atoms with Crippen molar-refractivity contribution in [2.24, 2.45) is 5.92 Å². The summed E-state index contributed by atoms with van der Waals surface area (Å²) >= 11 is 0. The van der Waals surface area contributed by atoms with E-state index in [0.717, 1.165) is 52.7 Å². The van der Waals surface area contributed by atoms with Gasteiger partial charge in [0, 0.05) is 69.0 Å². The summed E-state index contributed by atoms with van der Waals surface area (Å²) in [6.45, 7) is 3.35. The third kappa shape index (κ3) is 3.91. The molecule has 7 rings (SSSR count). The van der Waals surface area contributed by atoms with Gasteiger partial charge in [0.2, 0.25) is 5.91 Å². The van der Waals surface area contributed by atoms with Crippen LogP contribution in [0.5, 0.6) is 0 Å². The van der Waals surface area contributed by atoms with Crippen LogP contribution in [0.15, 0.2) is 67.1 Å². The Hall–Kier alpha value is -4.22. The van der Waals surface area contributed by atoms with Crippen LogP contribution in [-0.4, -0.2) is 57.3 Å². The van der Waals surface area contributed by atoms with E-state index in [9.17, 15) is 9.18 Å². The van der Waals surface area contributed by atoms with Crippen molar-refractivity contribution in [2.75, 3.05) is 31.1 Å². The van der Waals surface area contributed by atoms with Crippen molar-refractivity contribution in [1.82, 2.24) is 19.0 Å². The zero-order valence-corrected chi connectivity index (χ0v) is 20.9. The number of carbonyl (C=O) groups is 1. The predicted octanol–water partition coefficient (Wildman–Crippen LogP) is 4.64. The average Bonchev–Trinajstić information content (AvgIpc) is 3.71. The first-order valence-corrected chi connectivity index (χ1v) is 13.1. The van der Waals surface area contributed by atoms with E-state index in [-0.39, 0.29) is 11.8 Å². The monoisotopic (exact) mass is 506 g/mol. The normalized spacial score (nSPS) is 20.6. The SMILES string of the molecule is N#Cc1ccc(-c2cc3n(c2)Cc2cc(N4C[C@@H](CN5CCC(F)C5)CC4=O)ccc2-n2ccnc2-3)cc1. The molecule has 2 aromatic heterocycles. The molecule has 0 aliphatic carbocycles. The molecule has 0 spiro atoms. The van der Waals surface area contributed by atoms with Crippen LogP contribution in [0.1, 0.15) is 24.0 Å². The number of amides is 1. The van der Waals surface area contributed by atoms with E-state index in [1.165, 1.54) is 0 Å². The lowest BCUT2D eigenvalue weighted by Gasteiger charge is -2.21. The molecule has 0 radical (unpaired) electrons. The van der Waals surface area contributed by atoms with Crippen LogP contribution < -0.4 is 4.90 Å². The first kappa shape index (κ1) is 22.9. The third-order valence-corrected chi connectivity index (χ3v) is 8.03. The smallest absolute Gasteiger partial charge is 0.227 e. The highest BCUT2D eigenvalue weighted by atomic mass is 19.1. The van der Waals surface area contributed by atoms with Crippen LogP contribution in [0, 0.1) is 17.2 Å². The Bertz CT molecular complexity index is 1580. The number of rotatable bonds is 4. The van der Waals surface area contributed by atoms with E-state index in [1.807, 2.05) is 47.6 Å². The molecule has 0 saturated carbocycles. The number of anilines is 1. The van der Waals surface area contributed by atoms with E-state index >= 15 is 0 Å². The maximum absolute atomic E-state index is 13.6. The summed E-state index contributed by atoms with van der Waals surface area (Å²) in [7, 11) is 0. The van der Waals surface area contributed by atoms with E-state index in [2.05, 4.69) is 49.5 Å². The molecule has 3 aliphatic rings. The fourth-order valence-corrected chi connectivity index (χ4v) is 6.17. The largest absolute Gasteiger partial charge is 0.340 e. The summed E-state index contributed by atoms with van der Waals surface area (Å²) in [5.41, 5.74) is 6.83. The van der Waals surface area contributed by atoms with Crippen LogP contribution in [0.2, 0.25) is 0 Å². The number of fused-ring (bicyclic) bond motifs is 5. The standard InChI is InChI=1S/C30H27FN6O/c31-25-7-9-34(19-25)15-21-11-29(38)37(16-21)26-5-6-27-24(12-26)18-35-17-23(22-3-1-20(14-32)2-4-22)13-28(35)30-33-8-10-36(27)30/h1-6,8,10,12-13,17,21,25H,7,9,11,15-16,18-19H2/t21-,25?/m1/s1. The van der Waals surface area contributed by atoms with Gasteiger partial charge >= 0.3 is 0 Å². The van der Waals surface area contributed by atoms with Gasteiger partial charge in [-0.1, -0.05) is 12.1 Å². The second-order valence-corrected chi connectivity index (χ2v) is 10.6. The number of aromatic nitrogens is 3. The molecule has 8 heteroatoms. The Kier molecular flexibility index (Phi) is 5.41. The van der Waals surface area contributed by atoms with Crippen molar-refractivity contribution in [3.63, 3.8) is 0 Å². The zero-order valence-electron chi connectivity index (χ0n) is 20.9. The average molecular weight is 507 g/mol. The molecule has 4 aromatic rings. The molecule has 7 nitrogen and oxygen atoms in total. The van der Waals surface area contributed by atoms with Gasteiger partial charge in [-0.15, -0.1) is 0 Å². The van der Waals surface area contributed by atoms with E-state index in [4.69, 9.17) is 5.26 Å². The summed E-state index contributed by atoms with van der Waals surface area (Å²) in [5.74, 6) is 1.22. The molecule has 1 amide bonds. The molecular formula is C30H27FN6O. The van der Waals surface area contributed by atoms with Gasteiger partial charge in [-0.05, 0) is 59.9 Å². The number of hydrogen-bond donors (Lipinski definition) is 0. The molecular weight excluding hydrogens is 479 g/mol. The lowest BCUT2D eigenvalue weighted by Crippen LogP contribution is -2.30. The van der Waals surface area contributed by atoms with Crippen LogP contribution in [0.25, 0.3) is 28.3 Å². The molecule has 2 fully saturated rings. The Morgan fingerprint density at radius 1 is 1.08 bits per heavy atom. The van der Waals surface area contributed by atoms with Gasteiger partial charge in [0.25, 0.3) is 0 Å². The molecule has 2 saturated heterocycles. The second kappa shape index (κ2) is 8.96. The Morgan fingerprint density at radius 3 is 2.74 bits per heavy atom. The molecule has 0 bridgehead atoms. The Morgan fingerprint density at radius 2 is 1.95 bits per heavy atom. The molecule has 3 aliphatic heterocycles. The summed E-state index contributed by atoms with van der Waals surface area (Å²) in [5, 5.41) is 9.14. The van der Waals surface area contributed by atoms with Crippen LogP contribution in [-0.2, 0) is 11.3 Å². The highest BCUT2D eigenvalue weighted by Crippen LogP contribution is 2.36. The minimum absolute atomic E-state index is 0.132. The van der Waals surface area contributed by atoms with Crippen molar-refractivity contribution in [3.8, 4) is 34.4 Å². The number of nitriles is 1. The number of halogens is 1. The van der Waals surface area contributed by atoms with Crippen LogP contribution in [0.3, 0.4) is 0 Å². The van der Waals surface area contributed by atoms with Gasteiger partial charge in [-0.2, -0.15) is 5.26 Å². The molecule has 38 heavy (non-hydrogen) atoms. The second-order valence-electron chi connectivity index (χ2n) is 10.6. The third-order valence-electron chi connectivity index (χ3n) is 8.03. The van der Waals surface area contributed by atoms with Crippen LogP contribution in [0.4, 0.5) is 10.1 Å². The topological polar surface area (TPSA) is 70.1 Å². The lowest BCUT2D eigenvalue weighted by atomic mass is 10.1. The summed E-state index contributed by atoms with van der Waals surface area (Å²) < 4.78 is 17.9. The molecule has 1 unspecified atom stereocenters. The molecule has 190 valence electrons. The van der Waals surface area contributed by atoms with E-state index in [0.29, 0.717) is 38.0 Å². The highest BCUT2D eigenvalue weighted by Gasteiger charge is 2.34. The summed E-state index contributed by atoms with van der Waals surface area (Å²) in [6.07, 6.45) is 6.28. The molecule has 0 N–H and O–H groups in total. The quantitative estimate of drug-likeness (QED) is 0.356. The fourth-order valence-electron chi connectivity index (χ4n) is 6.17. The van der Waals surface area contributed by atoms with Gasteiger partial charge in [-0.25, -0.2) is 9.37 Å². The number of likely N-dealkylation sites (tertiary alicyclic amines) is 1. The predicted molar refractivity (Wildman–Crippen MR) is 143 cm³/mol. The highest BCUT2D eigenvalue weighted by molar-refractivity contribution is 5.96. The zero-order chi connectivity index (χ0) is 25.8. The van der Waals surface area contributed by atoms with E-state index < -0.39 is 6.17 Å². The van der Waals surface area contributed by atoms with Crippen LogP contribution >= 0.6 is 0 Å². The Balaban J connectivity index is 1.19. The number of alkyl halides is 1. The molecule has 5 heterocycles. The number of imidazole rings is 1. The number of hydrogen-bond acceptors (Lipinski definition) is 4. The fraction of sp³-hybridized carbons (Fsp3) is 0.300. The number of nitrogens with zero attached hydrogens (tertiary/aromatic N) is 6. The number of benzene rings is 2. The first-order valence-electron chi connectivity index (χ1n) is 13.1. The first-order chi connectivity index (χ1) is 18.6. The Labute approximate surface area is 220 Å². The minimum atomic E-state index is -0.739. The van der Waals surface area contributed by atoms with Gasteiger partial charge in [0.15, 0.2) is 5.82 Å². The molecule has 2 atom stereocenters. The van der Waals surface area contributed by atoms with Crippen molar-refractivity contribution < 1.29 is 9.18 Å². The van der Waals surface area contributed by atoms with Gasteiger partial charge in [0.1, 0.15) is 6.17 Å². The van der Waals surface area contributed by atoms with Crippen molar-refractivity contribution in [2.45, 2.75) is 25.6 Å². The molecule has 2 aromatic carbocycles. The maximum Gasteiger partial charge on any atom is 0.227 e. The van der Waals surface area contributed by atoms with Gasteiger partial charge in [0.05, 0.1) is 23.0 Å². The minimum Gasteiger partial charge on any atom is -0.340 e. The lowest BCUT2D eigenvalue weighted by molar-refractivity contribution is -0.117. The van der Waals surface area contributed by atoms with Gasteiger partial charge in [-0.3, -0.25) is 14.3 Å². The summed E-state index contributed by atoms with van der Waals surface area (Å²) in [4.78, 5) is 21.7. The van der Waals surface area contributed by atoms with Crippen molar-refractivity contribution >= 4 is 11.6 Å². The van der Waals surface area contributed by atoms with E-state index in [1.54, 1.807) is 0 Å². The summed E-state index contributed by atoms with van der Waals surface area (Å²) in [6, 6.07) is 18.2. The maximum atomic E-state index is 13.6. The van der Waals surface area contributed by atoms with Crippen molar-refractivity contribution in [1.29, 1.82) is 5.26 Å².